The maximum atomic E-state index is 12.3. The summed E-state index contributed by atoms with van der Waals surface area (Å²) < 4.78 is 0. The molecule has 5 nitrogen and oxygen atoms in total. The number of amides is 2. The minimum atomic E-state index is -0.526. The molecule has 0 saturated heterocycles. The van der Waals surface area contributed by atoms with E-state index in [0.29, 0.717) is 19.0 Å². The third kappa shape index (κ3) is 6.37. The Kier molecular flexibility index (Phi) is 9.21. The standard InChI is InChI=1S/C15H31N3O2/c1-5-7-15(11-16,8-6-2)14(20)18-10-13(19)17-9-12(3)4/h12H,5-11,16H2,1-4H3,(H,17,19)(H,18,20). The maximum absolute atomic E-state index is 12.3. The average Bonchev–Trinajstić information content (AvgIpc) is 2.41. The summed E-state index contributed by atoms with van der Waals surface area (Å²) in [5.74, 6) is 0.160. The van der Waals surface area contributed by atoms with Gasteiger partial charge in [0, 0.05) is 13.1 Å². The fourth-order valence-electron chi connectivity index (χ4n) is 2.33. The summed E-state index contributed by atoms with van der Waals surface area (Å²) in [5.41, 5.74) is 5.30. The molecule has 0 aromatic carbocycles. The maximum Gasteiger partial charge on any atom is 0.239 e. The van der Waals surface area contributed by atoms with Crippen molar-refractivity contribution in [3.63, 3.8) is 0 Å². The fourth-order valence-corrected chi connectivity index (χ4v) is 2.33. The number of carbonyl (C=O) groups excluding carboxylic acids is 2. The van der Waals surface area contributed by atoms with Crippen molar-refractivity contribution in [2.24, 2.45) is 17.1 Å². The number of carbonyl (C=O) groups is 2. The Morgan fingerprint density at radius 2 is 1.65 bits per heavy atom. The predicted octanol–water partition coefficient (Wildman–Crippen LogP) is 1.42. The van der Waals surface area contributed by atoms with Crippen LogP contribution < -0.4 is 16.4 Å². The minimum Gasteiger partial charge on any atom is -0.354 e. The predicted molar refractivity (Wildman–Crippen MR) is 82.2 cm³/mol. The Hall–Kier alpha value is -1.10. The van der Waals surface area contributed by atoms with E-state index in [9.17, 15) is 9.59 Å². The van der Waals surface area contributed by atoms with Crippen LogP contribution in [0.5, 0.6) is 0 Å². The molecule has 5 heteroatoms. The van der Waals surface area contributed by atoms with Crippen LogP contribution in [-0.2, 0) is 9.59 Å². The summed E-state index contributed by atoms with van der Waals surface area (Å²) in [6.07, 6.45) is 3.34. The SMILES string of the molecule is CCCC(CN)(CCC)C(=O)NCC(=O)NCC(C)C. The van der Waals surface area contributed by atoms with Crippen molar-refractivity contribution in [1.29, 1.82) is 0 Å². The van der Waals surface area contributed by atoms with Crippen molar-refractivity contribution < 1.29 is 9.59 Å². The first-order valence-electron chi connectivity index (χ1n) is 7.66. The minimum absolute atomic E-state index is 0.0285. The lowest BCUT2D eigenvalue weighted by Crippen LogP contribution is -2.48. The fraction of sp³-hybridized carbons (Fsp3) is 0.867. The van der Waals surface area contributed by atoms with Crippen LogP contribution in [0.3, 0.4) is 0 Å². The third-order valence-corrected chi connectivity index (χ3v) is 3.45. The first-order valence-corrected chi connectivity index (χ1v) is 7.66. The molecule has 0 bridgehead atoms. The first kappa shape index (κ1) is 18.9. The lowest BCUT2D eigenvalue weighted by molar-refractivity contribution is -0.133. The molecule has 0 aliphatic rings. The summed E-state index contributed by atoms with van der Waals surface area (Å²) in [7, 11) is 0. The van der Waals surface area contributed by atoms with Gasteiger partial charge in [0.1, 0.15) is 0 Å². The molecule has 4 N–H and O–H groups in total. The highest BCUT2D eigenvalue weighted by Crippen LogP contribution is 2.28. The number of nitrogens with one attached hydrogen (secondary N) is 2. The van der Waals surface area contributed by atoms with Gasteiger partial charge in [0.25, 0.3) is 0 Å². The van der Waals surface area contributed by atoms with Gasteiger partial charge in [-0.1, -0.05) is 40.5 Å². The van der Waals surface area contributed by atoms with Crippen molar-refractivity contribution >= 4 is 11.8 Å². The van der Waals surface area contributed by atoms with Gasteiger partial charge >= 0.3 is 0 Å². The van der Waals surface area contributed by atoms with E-state index in [1.807, 2.05) is 27.7 Å². The molecule has 0 rings (SSSR count). The second kappa shape index (κ2) is 9.75. The van der Waals surface area contributed by atoms with Gasteiger partial charge in [-0.3, -0.25) is 9.59 Å². The zero-order chi connectivity index (χ0) is 15.6. The third-order valence-electron chi connectivity index (χ3n) is 3.45. The van der Waals surface area contributed by atoms with Crippen LogP contribution >= 0.6 is 0 Å². The highest BCUT2D eigenvalue weighted by molar-refractivity contribution is 5.88. The summed E-state index contributed by atoms with van der Waals surface area (Å²) in [4.78, 5) is 24.0. The average molecular weight is 285 g/mol. The van der Waals surface area contributed by atoms with Crippen LogP contribution in [0.2, 0.25) is 0 Å². The summed E-state index contributed by atoms with van der Waals surface area (Å²) in [6.45, 7) is 9.13. The van der Waals surface area contributed by atoms with Gasteiger partial charge in [-0.25, -0.2) is 0 Å². The quantitative estimate of drug-likeness (QED) is 0.567. The summed E-state index contributed by atoms with van der Waals surface area (Å²) >= 11 is 0. The van der Waals surface area contributed by atoms with E-state index < -0.39 is 5.41 Å². The Morgan fingerprint density at radius 3 is 2.05 bits per heavy atom. The number of rotatable bonds is 10. The second-order valence-electron chi connectivity index (χ2n) is 5.87. The van der Waals surface area contributed by atoms with Crippen LogP contribution in [0.25, 0.3) is 0 Å². The van der Waals surface area contributed by atoms with Crippen LogP contribution in [0, 0.1) is 11.3 Å². The molecule has 0 aliphatic carbocycles. The van der Waals surface area contributed by atoms with Gasteiger partial charge in [-0.05, 0) is 18.8 Å². The van der Waals surface area contributed by atoms with Crippen molar-refractivity contribution in [2.45, 2.75) is 53.4 Å². The molecule has 0 unspecified atom stereocenters. The Bertz CT molecular complexity index is 297. The smallest absolute Gasteiger partial charge is 0.239 e. The molecule has 0 aliphatic heterocycles. The molecule has 0 aromatic heterocycles. The van der Waals surface area contributed by atoms with Crippen LogP contribution in [0.1, 0.15) is 53.4 Å². The Balaban J connectivity index is 4.42. The summed E-state index contributed by atoms with van der Waals surface area (Å²) in [5, 5.41) is 5.52. The Morgan fingerprint density at radius 1 is 1.10 bits per heavy atom. The normalized spacial score (nSPS) is 11.5. The lowest BCUT2D eigenvalue weighted by Gasteiger charge is -2.30. The molecule has 2 amide bonds. The highest BCUT2D eigenvalue weighted by atomic mass is 16.2. The summed E-state index contributed by atoms with van der Waals surface area (Å²) in [6, 6.07) is 0. The van der Waals surface area contributed by atoms with E-state index in [4.69, 9.17) is 5.73 Å². The molecule has 20 heavy (non-hydrogen) atoms. The van der Waals surface area contributed by atoms with E-state index in [1.165, 1.54) is 0 Å². The van der Waals surface area contributed by atoms with Gasteiger partial charge in [-0.2, -0.15) is 0 Å². The van der Waals surface area contributed by atoms with E-state index in [0.717, 1.165) is 25.7 Å². The van der Waals surface area contributed by atoms with Gasteiger partial charge in [0.05, 0.1) is 12.0 Å². The van der Waals surface area contributed by atoms with Crippen molar-refractivity contribution in [1.82, 2.24) is 10.6 Å². The molecule has 0 spiro atoms. The van der Waals surface area contributed by atoms with Gasteiger partial charge in [0.15, 0.2) is 0 Å². The van der Waals surface area contributed by atoms with Crippen molar-refractivity contribution in [3.05, 3.63) is 0 Å². The second-order valence-corrected chi connectivity index (χ2v) is 5.87. The zero-order valence-electron chi connectivity index (χ0n) is 13.4. The monoisotopic (exact) mass is 285 g/mol. The molecule has 0 aromatic rings. The van der Waals surface area contributed by atoms with Crippen molar-refractivity contribution in [3.8, 4) is 0 Å². The number of hydrogen-bond donors (Lipinski definition) is 3. The van der Waals surface area contributed by atoms with E-state index >= 15 is 0 Å². The molecule has 0 saturated carbocycles. The number of nitrogens with two attached hydrogens (primary N) is 1. The molecular formula is C15H31N3O2. The Labute approximate surface area is 123 Å². The zero-order valence-corrected chi connectivity index (χ0v) is 13.4. The highest BCUT2D eigenvalue weighted by Gasteiger charge is 2.35. The lowest BCUT2D eigenvalue weighted by atomic mass is 9.78. The molecule has 0 fully saturated rings. The molecule has 0 heterocycles. The van der Waals surface area contributed by atoms with E-state index in [1.54, 1.807) is 0 Å². The van der Waals surface area contributed by atoms with Gasteiger partial charge in [0.2, 0.25) is 11.8 Å². The van der Waals surface area contributed by atoms with Crippen LogP contribution in [-0.4, -0.2) is 31.4 Å². The molecule has 118 valence electrons. The molecule has 0 atom stereocenters. The van der Waals surface area contributed by atoms with Gasteiger partial charge in [-0.15, -0.1) is 0 Å². The van der Waals surface area contributed by atoms with Crippen molar-refractivity contribution in [2.75, 3.05) is 19.6 Å². The van der Waals surface area contributed by atoms with E-state index in [-0.39, 0.29) is 18.4 Å². The topological polar surface area (TPSA) is 84.2 Å². The first-order chi connectivity index (χ1) is 9.41. The van der Waals surface area contributed by atoms with E-state index in [2.05, 4.69) is 10.6 Å². The van der Waals surface area contributed by atoms with Crippen LogP contribution in [0.4, 0.5) is 0 Å². The van der Waals surface area contributed by atoms with Crippen LogP contribution in [0.15, 0.2) is 0 Å². The molecular weight excluding hydrogens is 254 g/mol. The molecule has 0 radical (unpaired) electrons. The van der Waals surface area contributed by atoms with Gasteiger partial charge < -0.3 is 16.4 Å². The largest absolute Gasteiger partial charge is 0.354 e. The number of hydrogen-bond acceptors (Lipinski definition) is 3.